The fraction of sp³-hybridized carbons (Fsp3) is 0.542. The summed E-state index contributed by atoms with van der Waals surface area (Å²) in [5, 5.41) is 39.0. The molecule has 0 radical (unpaired) electrons. The van der Waals surface area contributed by atoms with E-state index in [9.17, 15) is 57.1 Å². The van der Waals surface area contributed by atoms with E-state index in [-0.39, 0.29) is 143 Å². The highest BCUT2D eigenvalue weighted by Crippen LogP contribution is 2.47. The van der Waals surface area contributed by atoms with Crippen LogP contribution in [0.1, 0.15) is 29.9 Å². The van der Waals surface area contributed by atoms with Gasteiger partial charge in [0.2, 0.25) is 11.8 Å². The number of carbonyl (C=O) groups is 6. The maximum Gasteiger partial charge on any atom is 0.317 e. The molecule has 4 heterocycles. The molecular formula is C59H79Cl2N9O20S. The fourth-order valence-electron chi connectivity index (χ4n) is 10.4. The number of hydrogen-bond donors (Lipinski definition) is 6. The van der Waals surface area contributed by atoms with Crippen molar-refractivity contribution in [2.75, 3.05) is 177 Å². The first-order chi connectivity index (χ1) is 43.5. The van der Waals surface area contributed by atoms with Crippen molar-refractivity contribution in [1.29, 1.82) is 0 Å². The number of rotatable bonds is 32. The minimum Gasteiger partial charge on any atom is -0.496 e. The number of carbonyl (C=O) groups excluding carboxylic acids is 3. The summed E-state index contributed by atoms with van der Waals surface area (Å²) in [5.41, 5.74) is 3.68. The van der Waals surface area contributed by atoms with Gasteiger partial charge in [-0.15, -0.1) is 0 Å². The molecule has 3 amide bonds. The lowest BCUT2D eigenvalue weighted by atomic mass is 9.95. The second kappa shape index (κ2) is 34.8. The number of aromatic nitrogens is 2. The molecule has 0 unspecified atom stereocenters. The maximum atomic E-state index is 14.4. The Morgan fingerprint density at radius 2 is 1.23 bits per heavy atom. The molecule has 2 saturated heterocycles. The van der Waals surface area contributed by atoms with Gasteiger partial charge in [0.15, 0.2) is 5.69 Å². The smallest absolute Gasteiger partial charge is 0.317 e. The lowest BCUT2D eigenvalue weighted by Crippen LogP contribution is -2.55. The predicted molar refractivity (Wildman–Crippen MR) is 330 cm³/mol. The van der Waals surface area contributed by atoms with E-state index >= 15 is 0 Å². The molecule has 0 saturated carbocycles. The van der Waals surface area contributed by atoms with E-state index in [1.165, 1.54) is 0 Å². The molecule has 2 fully saturated rings. The second-order valence-electron chi connectivity index (χ2n) is 22.1. The van der Waals surface area contributed by atoms with Gasteiger partial charge in [0.1, 0.15) is 42.3 Å². The lowest BCUT2D eigenvalue weighted by Gasteiger charge is -2.41. The molecule has 0 bridgehead atoms. The highest BCUT2D eigenvalue weighted by molar-refractivity contribution is 7.85. The number of hydrogen-bond acceptors (Lipinski definition) is 21. The summed E-state index contributed by atoms with van der Waals surface area (Å²) in [6, 6.07) is 14.7. The molecule has 29 nitrogen and oxygen atoms in total. The maximum absolute atomic E-state index is 14.4. The molecule has 500 valence electrons. The minimum absolute atomic E-state index is 0.0102. The molecule has 4 aromatic rings. The number of ether oxygens (including phenoxy) is 8. The van der Waals surface area contributed by atoms with Crippen molar-refractivity contribution < 1.29 is 95.0 Å². The van der Waals surface area contributed by atoms with E-state index in [0.29, 0.717) is 82.8 Å². The van der Waals surface area contributed by atoms with Crippen molar-refractivity contribution in [3.05, 3.63) is 75.9 Å². The first-order valence-corrected chi connectivity index (χ1v) is 31.8. The number of amides is 3. The molecule has 91 heavy (non-hydrogen) atoms. The van der Waals surface area contributed by atoms with Crippen LogP contribution in [-0.4, -0.2) is 287 Å². The highest BCUT2D eigenvalue weighted by atomic mass is 35.5. The number of nitrogens with one attached hydrogen (secondary N) is 2. The third-order valence-electron chi connectivity index (χ3n) is 14.8. The third kappa shape index (κ3) is 22.5. The van der Waals surface area contributed by atoms with Gasteiger partial charge in [0.25, 0.3) is 16.0 Å². The van der Waals surface area contributed by atoms with Crippen molar-refractivity contribution in [3.63, 3.8) is 0 Å². The molecule has 3 aliphatic rings. The predicted octanol–water partition coefficient (Wildman–Crippen LogP) is 2.07. The number of morpholine rings is 1. The monoisotopic (exact) mass is 1340 g/mol. The Hall–Kier alpha value is -6.78. The Kier molecular flexibility index (Phi) is 27.4. The van der Waals surface area contributed by atoms with E-state index in [2.05, 4.69) is 10.6 Å². The van der Waals surface area contributed by atoms with Crippen LogP contribution >= 0.6 is 23.2 Å². The number of carboxylic acids is 3. The van der Waals surface area contributed by atoms with Crippen LogP contribution < -0.4 is 24.8 Å². The number of halogens is 2. The normalized spacial score (nSPS) is 16.5. The van der Waals surface area contributed by atoms with Gasteiger partial charge in [0, 0.05) is 98.2 Å². The van der Waals surface area contributed by atoms with E-state index in [0.717, 1.165) is 11.1 Å². The summed E-state index contributed by atoms with van der Waals surface area (Å²) in [6.07, 6.45) is 0. The molecule has 1 atom stereocenters. The number of nitrogens with zero attached hydrogens (tertiary/aromatic N) is 7. The average molecular weight is 1340 g/mol. The average Bonchev–Trinajstić information content (AvgIpc) is 1.63. The topological polar surface area (TPSA) is 349 Å². The van der Waals surface area contributed by atoms with Gasteiger partial charge in [-0.1, -0.05) is 35.3 Å². The van der Waals surface area contributed by atoms with Crippen molar-refractivity contribution in [1.82, 2.24) is 44.9 Å². The molecular weight excluding hydrogens is 1260 g/mol. The number of carboxylic acid groups (broad SMARTS) is 3. The van der Waals surface area contributed by atoms with Gasteiger partial charge >= 0.3 is 17.9 Å². The van der Waals surface area contributed by atoms with E-state index in [4.69, 9.17) is 66.2 Å². The van der Waals surface area contributed by atoms with Crippen LogP contribution in [0.4, 0.5) is 0 Å². The second-order valence-corrected chi connectivity index (χ2v) is 24.5. The van der Waals surface area contributed by atoms with Gasteiger partial charge in [-0.2, -0.15) is 13.5 Å². The van der Waals surface area contributed by atoms with Crippen LogP contribution in [0.5, 0.6) is 17.2 Å². The number of aliphatic carboxylic acids is 3. The summed E-state index contributed by atoms with van der Waals surface area (Å²) in [4.78, 5) is 83.7. The highest BCUT2D eigenvalue weighted by Gasteiger charge is 2.40. The van der Waals surface area contributed by atoms with Crippen LogP contribution in [0.2, 0.25) is 10.0 Å². The van der Waals surface area contributed by atoms with E-state index in [1.54, 1.807) is 54.5 Å². The number of benzene rings is 3. The standard InChI is InChI=1S/C59H79Cl2N9O20S/c1-59(2)39-88-18-16-69(59)58(79)55-47-37-90-50-32-49(83-3)45(31-46(50)56(47)70(64-55)43-29-41(60)28-42(61)30-43)40-5-4-6-44(27-40)89-26-25-87-24-23-86-22-21-85-20-19-84-17-7-62-57(78)48(38-91(80,81)82)63-51(71)33-65-8-10-66(34-52(72)73)12-14-68(36-54(76)77)15-13-67(11-9-65)35-53(74)75/h4-6,27-32,48H,7-26,33-39H2,1-3H3,(H,62,78)(H,63,71)(H,72,73)(H,74,75)(H,76,77)(H,80,81,82)/t48-/m1/s1. The molecule has 0 spiro atoms. The van der Waals surface area contributed by atoms with Gasteiger partial charge in [-0.25, -0.2) is 4.68 Å². The van der Waals surface area contributed by atoms with Crippen molar-refractivity contribution in [2.45, 2.75) is 32.0 Å². The first kappa shape index (κ1) is 71.7. The van der Waals surface area contributed by atoms with Crippen molar-refractivity contribution >= 4 is 68.9 Å². The van der Waals surface area contributed by atoms with Crippen molar-refractivity contribution in [3.8, 4) is 45.3 Å². The van der Waals surface area contributed by atoms with Gasteiger partial charge in [-0.3, -0.25) is 52.9 Å². The van der Waals surface area contributed by atoms with Crippen LogP contribution in [0.25, 0.3) is 28.1 Å². The molecule has 3 aliphatic heterocycles. The number of methoxy groups -OCH3 is 1. The van der Waals surface area contributed by atoms with Gasteiger partial charge < -0.3 is 68.7 Å². The Labute approximate surface area is 536 Å². The first-order valence-electron chi connectivity index (χ1n) is 29.4. The summed E-state index contributed by atoms with van der Waals surface area (Å²) in [6.45, 7) is 6.56. The van der Waals surface area contributed by atoms with E-state index in [1.807, 2.05) is 50.2 Å². The summed E-state index contributed by atoms with van der Waals surface area (Å²) in [5.74, 6) is -4.81. The minimum atomic E-state index is -4.77. The van der Waals surface area contributed by atoms with Crippen LogP contribution in [-0.2, 0) is 64.4 Å². The summed E-state index contributed by atoms with van der Waals surface area (Å²) < 4.78 is 81.6. The summed E-state index contributed by atoms with van der Waals surface area (Å²) >= 11 is 13.0. The zero-order valence-electron chi connectivity index (χ0n) is 51.0. The molecule has 7 rings (SSSR count). The van der Waals surface area contributed by atoms with Crippen LogP contribution in [0.15, 0.2) is 54.6 Å². The lowest BCUT2D eigenvalue weighted by molar-refractivity contribution is -0.140. The Morgan fingerprint density at radius 3 is 1.76 bits per heavy atom. The largest absolute Gasteiger partial charge is 0.496 e. The quantitative estimate of drug-likeness (QED) is 0.0301. The Balaban J connectivity index is 0.806. The van der Waals surface area contributed by atoms with E-state index < -0.39 is 63.7 Å². The van der Waals surface area contributed by atoms with Crippen LogP contribution in [0.3, 0.4) is 0 Å². The van der Waals surface area contributed by atoms with Crippen LogP contribution in [0, 0.1) is 0 Å². The third-order valence-corrected chi connectivity index (χ3v) is 16.0. The number of fused-ring (bicyclic) bond motifs is 3. The van der Waals surface area contributed by atoms with Crippen molar-refractivity contribution in [2.24, 2.45) is 0 Å². The molecule has 6 N–H and O–H groups in total. The Bertz CT molecular complexity index is 3220. The fourth-order valence-corrected chi connectivity index (χ4v) is 11.6. The zero-order valence-corrected chi connectivity index (χ0v) is 53.3. The molecule has 3 aromatic carbocycles. The zero-order chi connectivity index (χ0) is 65.7. The SMILES string of the molecule is COc1cc2c(cc1-c1cccc(OCCOCCOCCOCCOCCNC(=O)[C@@H](CS(=O)(=O)O)NC(=O)CN3CCN(CC(=O)O)CCN(CC(=O)O)CCN(CC(=O)O)CC3)c1)-c1c(c(C(=O)N3CCOCC3(C)C)nn1-c1cc(Cl)cc(Cl)c1)CO2. The summed E-state index contributed by atoms with van der Waals surface area (Å²) in [7, 11) is -3.19. The molecule has 0 aliphatic carbocycles. The molecule has 1 aromatic heterocycles. The Morgan fingerprint density at radius 1 is 0.692 bits per heavy atom. The van der Waals surface area contributed by atoms with Gasteiger partial charge in [-0.05, 0) is 55.8 Å². The molecule has 32 heteroatoms. The van der Waals surface area contributed by atoms with Gasteiger partial charge in [0.05, 0.1) is 116 Å².